The largest absolute Gasteiger partial charge is 0.320 e. The van der Waals surface area contributed by atoms with Crippen LogP contribution in [0.2, 0.25) is 0 Å². The van der Waals surface area contributed by atoms with Crippen molar-refractivity contribution < 1.29 is 8.78 Å². The highest BCUT2D eigenvalue weighted by molar-refractivity contribution is 5.33. The standard InChI is InChI=1S/C12H13F2N3/c1-7-3-4-9(11(14)10(7)13)12(15)8-5-16-17(2)6-8/h3-6,12H,15H2,1-2H3. The van der Waals surface area contributed by atoms with E-state index in [4.69, 9.17) is 5.73 Å². The molecule has 90 valence electrons. The van der Waals surface area contributed by atoms with Crippen molar-refractivity contribution in [1.82, 2.24) is 9.78 Å². The lowest BCUT2D eigenvalue weighted by molar-refractivity contribution is 0.489. The van der Waals surface area contributed by atoms with Crippen LogP contribution in [-0.4, -0.2) is 9.78 Å². The van der Waals surface area contributed by atoms with Crippen molar-refractivity contribution in [1.29, 1.82) is 0 Å². The molecule has 0 aliphatic rings. The van der Waals surface area contributed by atoms with Gasteiger partial charge in [-0.2, -0.15) is 5.10 Å². The van der Waals surface area contributed by atoms with E-state index in [1.165, 1.54) is 19.1 Å². The number of aryl methyl sites for hydroxylation is 2. The van der Waals surface area contributed by atoms with Gasteiger partial charge in [0, 0.05) is 24.4 Å². The molecule has 0 amide bonds. The third kappa shape index (κ3) is 2.06. The summed E-state index contributed by atoms with van der Waals surface area (Å²) in [5.74, 6) is -1.73. The summed E-state index contributed by atoms with van der Waals surface area (Å²) in [6, 6.07) is 2.31. The fourth-order valence-electron chi connectivity index (χ4n) is 1.68. The average molecular weight is 237 g/mol. The summed E-state index contributed by atoms with van der Waals surface area (Å²) >= 11 is 0. The Morgan fingerprint density at radius 2 is 2.00 bits per heavy atom. The predicted molar refractivity (Wildman–Crippen MR) is 60.3 cm³/mol. The Labute approximate surface area is 97.9 Å². The first kappa shape index (κ1) is 11.7. The summed E-state index contributed by atoms with van der Waals surface area (Å²) < 4.78 is 28.7. The maximum Gasteiger partial charge on any atom is 0.164 e. The van der Waals surface area contributed by atoms with Gasteiger partial charge in [0.25, 0.3) is 0 Å². The highest BCUT2D eigenvalue weighted by Crippen LogP contribution is 2.24. The van der Waals surface area contributed by atoms with E-state index in [9.17, 15) is 8.78 Å². The Morgan fingerprint density at radius 3 is 2.59 bits per heavy atom. The monoisotopic (exact) mass is 237 g/mol. The predicted octanol–water partition coefficient (Wildman–Crippen LogP) is 2.05. The molecular weight excluding hydrogens is 224 g/mol. The average Bonchev–Trinajstić information content (AvgIpc) is 2.72. The van der Waals surface area contributed by atoms with Gasteiger partial charge in [-0.05, 0) is 12.5 Å². The van der Waals surface area contributed by atoms with E-state index in [0.29, 0.717) is 5.56 Å². The second-order valence-electron chi connectivity index (χ2n) is 4.02. The van der Waals surface area contributed by atoms with Crippen LogP contribution >= 0.6 is 0 Å². The molecule has 3 nitrogen and oxygen atoms in total. The zero-order valence-electron chi connectivity index (χ0n) is 9.61. The number of benzene rings is 1. The normalized spacial score (nSPS) is 12.8. The highest BCUT2D eigenvalue weighted by Gasteiger charge is 2.18. The first-order chi connectivity index (χ1) is 8.00. The van der Waals surface area contributed by atoms with Gasteiger partial charge in [-0.15, -0.1) is 0 Å². The molecule has 0 spiro atoms. The summed E-state index contributed by atoms with van der Waals surface area (Å²) in [5, 5.41) is 3.95. The minimum atomic E-state index is -0.888. The second kappa shape index (κ2) is 4.25. The van der Waals surface area contributed by atoms with Crippen molar-refractivity contribution in [3.63, 3.8) is 0 Å². The number of nitrogens with zero attached hydrogens (tertiary/aromatic N) is 2. The van der Waals surface area contributed by atoms with Crippen molar-refractivity contribution in [3.8, 4) is 0 Å². The topological polar surface area (TPSA) is 43.8 Å². The number of halogens is 2. The fraction of sp³-hybridized carbons (Fsp3) is 0.250. The second-order valence-corrected chi connectivity index (χ2v) is 4.02. The van der Waals surface area contributed by atoms with E-state index < -0.39 is 17.7 Å². The number of hydrogen-bond donors (Lipinski definition) is 1. The quantitative estimate of drug-likeness (QED) is 0.868. The van der Waals surface area contributed by atoms with Crippen molar-refractivity contribution in [2.75, 3.05) is 0 Å². The maximum atomic E-state index is 13.7. The highest BCUT2D eigenvalue weighted by atomic mass is 19.2. The first-order valence-electron chi connectivity index (χ1n) is 5.19. The zero-order valence-corrected chi connectivity index (χ0v) is 9.61. The van der Waals surface area contributed by atoms with Gasteiger partial charge < -0.3 is 5.73 Å². The summed E-state index contributed by atoms with van der Waals surface area (Å²) in [6.45, 7) is 1.51. The van der Waals surface area contributed by atoms with Crippen LogP contribution in [0.5, 0.6) is 0 Å². The summed E-state index contributed by atoms with van der Waals surface area (Å²) in [5.41, 5.74) is 6.95. The Kier molecular flexibility index (Phi) is 2.93. The fourth-order valence-corrected chi connectivity index (χ4v) is 1.68. The molecule has 1 heterocycles. The van der Waals surface area contributed by atoms with Gasteiger partial charge in [0.15, 0.2) is 11.6 Å². The van der Waals surface area contributed by atoms with Crippen LogP contribution in [-0.2, 0) is 7.05 Å². The molecule has 17 heavy (non-hydrogen) atoms. The maximum absolute atomic E-state index is 13.7. The lowest BCUT2D eigenvalue weighted by atomic mass is 10.0. The van der Waals surface area contributed by atoms with Gasteiger partial charge >= 0.3 is 0 Å². The molecule has 2 rings (SSSR count). The van der Waals surface area contributed by atoms with Crippen LogP contribution in [0.4, 0.5) is 8.78 Å². The zero-order chi connectivity index (χ0) is 12.6. The van der Waals surface area contributed by atoms with Crippen molar-refractivity contribution in [2.45, 2.75) is 13.0 Å². The molecule has 0 radical (unpaired) electrons. The third-order valence-corrected chi connectivity index (χ3v) is 2.72. The Bertz CT molecular complexity index is 549. The molecule has 0 saturated heterocycles. The van der Waals surface area contributed by atoms with Gasteiger partial charge in [-0.1, -0.05) is 12.1 Å². The molecule has 1 unspecified atom stereocenters. The molecule has 2 N–H and O–H groups in total. The van der Waals surface area contributed by atoms with Crippen LogP contribution < -0.4 is 5.73 Å². The van der Waals surface area contributed by atoms with E-state index in [1.807, 2.05) is 0 Å². The minimum Gasteiger partial charge on any atom is -0.320 e. The molecule has 0 aliphatic carbocycles. The van der Waals surface area contributed by atoms with Gasteiger partial charge in [0.1, 0.15) is 0 Å². The van der Waals surface area contributed by atoms with Gasteiger partial charge in [0.05, 0.1) is 12.2 Å². The molecule has 5 heteroatoms. The lowest BCUT2D eigenvalue weighted by Gasteiger charge is -2.12. The van der Waals surface area contributed by atoms with Crippen LogP contribution in [0.1, 0.15) is 22.7 Å². The van der Waals surface area contributed by atoms with Crippen molar-refractivity contribution in [2.24, 2.45) is 12.8 Å². The Hall–Kier alpha value is -1.75. The smallest absolute Gasteiger partial charge is 0.164 e. The molecule has 1 aromatic carbocycles. The Morgan fingerprint density at radius 1 is 1.29 bits per heavy atom. The van der Waals surface area contributed by atoms with E-state index in [2.05, 4.69) is 5.10 Å². The first-order valence-corrected chi connectivity index (χ1v) is 5.19. The number of aromatic nitrogens is 2. The van der Waals surface area contributed by atoms with Gasteiger partial charge in [0.2, 0.25) is 0 Å². The molecule has 0 aliphatic heterocycles. The summed E-state index contributed by atoms with van der Waals surface area (Å²) in [6.07, 6.45) is 3.23. The van der Waals surface area contributed by atoms with Crippen LogP contribution in [0.25, 0.3) is 0 Å². The van der Waals surface area contributed by atoms with Crippen molar-refractivity contribution in [3.05, 3.63) is 52.9 Å². The molecule has 0 fully saturated rings. The summed E-state index contributed by atoms with van der Waals surface area (Å²) in [4.78, 5) is 0. The molecule has 0 saturated carbocycles. The van der Waals surface area contributed by atoms with E-state index >= 15 is 0 Å². The number of hydrogen-bond acceptors (Lipinski definition) is 2. The number of nitrogens with two attached hydrogens (primary N) is 1. The van der Waals surface area contributed by atoms with Crippen molar-refractivity contribution >= 4 is 0 Å². The molecule has 1 aromatic heterocycles. The van der Waals surface area contributed by atoms with Gasteiger partial charge in [-0.3, -0.25) is 4.68 Å². The molecule has 1 atom stereocenters. The lowest BCUT2D eigenvalue weighted by Crippen LogP contribution is -2.14. The van der Waals surface area contributed by atoms with Crippen LogP contribution in [0, 0.1) is 18.6 Å². The van der Waals surface area contributed by atoms with Crippen LogP contribution in [0.15, 0.2) is 24.5 Å². The minimum absolute atomic E-state index is 0.140. The molecular formula is C12H13F2N3. The van der Waals surface area contributed by atoms with Crippen LogP contribution in [0.3, 0.4) is 0 Å². The molecule has 2 aromatic rings. The van der Waals surface area contributed by atoms with Gasteiger partial charge in [-0.25, -0.2) is 8.78 Å². The van der Waals surface area contributed by atoms with E-state index in [-0.39, 0.29) is 11.1 Å². The third-order valence-electron chi connectivity index (χ3n) is 2.72. The Balaban J connectivity index is 2.44. The van der Waals surface area contributed by atoms with E-state index in [1.54, 1.807) is 24.1 Å². The SMILES string of the molecule is Cc1ccc(C(N)c2cnn(C)c2)c(F)c1F. The molecule has 0 bridgehead atoms. The number of rotatable bonds is 2. The summed E-state index contributed by atoms with van der Waals surface area (Å²) in [7, 11) is 1.74. The van der Waals surface area contributed by atoms with E-state index in [0.717, 1.165) is 0 Å².